The minimum Gasteiger partial charge on any atom is -0.466 e. The van der Waals surface area contributed by atoms with Crippen molar-refractivity contribution in [3.8, 4) is 0 Å². The van der Waals surface area contributed by atoms with E-state index >= 15 is 0 Å². The van der Waals surface area contributed by atoms with Crippen LogP contribution in [-0.4, -0.2) is 61.5 Å². The Morgan fingerprint density at radius 2 is 1.84 bits per heavy atom. The molecule has 0 saturated heterocycles. The molecule has 0 N–H and O–H groups in total. The molecule has 0 atom stereocenters. The number of carbonyl (C=O) groups excluding carboxylic acids is 2. The Kier molecular flexibility index (Phi) is 8.87. The summed E-state index contributed by atoms with van der Waals surface area (Å²) in [5.41, 5.74) is 0.962. The van der Waals surface area contributed by atoms with Gasteiger partial charge in [0, 0.05) is 19.6 Å². The molecular formula is C14H26N2O3. The molecule has 0 spiro atoms. The smallest absolute Gasteiger partial charge is 0.307 e. The summed E-state index contributed by atoms with van der Waals surface area (Å²) in [6.07, 6.45) is 0.310. The molecule has 0 aliphatic rings. The number of likely N-dealkylation sites (N-methyl/N-ethyl adjacent to an activating group) is 2. The van der Waals surface area contributed by atoms with Crippen molar-refractivity contribution in [2.24, 2.45) is 0 Å². The van der Waals surface area contributed by atoms with Gasteiger partial charge >= 0.3 is 5.97 Å². The molecule has 0 aromatic rings. The summed E-state index contributed by atoms with van der Waals surface area (Å²) in [6, 6.07) is 0. The van der Waals surface area contributed by atoms with E-state index in [4.69, 9.17) is 4.74 Å². The van der Waals surface area contributed by atoms with Crippen LogP contribution in [0, 0.1) is 0 Å². The molecule has 0 bridgehead atoms. The van der Waals surface area contributed by atoms with E-state index in [9.17, 15) is 9.59 Å². The maximum Gasteiger partial charge on any atom is 0.307 e. The van der Waals surface area contributed by atoms with Crippen molar-refractivity contribution in [3.05, 3.63) is 12.2 Å². The molecule has 0 aromatic carbocycles. The van der Waals surface area contributed by atoms with Crippen LogP contribution < -0.4 is 0 Å². The molecule has 0 aliphatic heterocycles. The number of nitrogens with zero attached hydrogens (tertiary/aromatic N) is 2. The van der Waals surface area contributed by atoms with Crippen molar-refractivity contribution < 1.29 is 14.3 Å². The number of esters is 1. The van der Waals surface area contributed by atoms with Crippen molar-refractivity contribution in [1.82, 2.24) is 9.80 Å². The van der Waals surface area contributed by atoms with Crippen LogP contribution in [0.4, 0.5) is 0 Å². The van der Waals surface area contributed by atoms with E-state index in [1.807, 2.05) is 25.8 Å². The monoisotopic (exact) mass is 270 g/mol. The standard InChI is InChI=1S/C14H26N2O3/c1-6-16(10-12(3)4)13(17)11-15(5)9-8-14(18)19-7-2/h3,6-11H2,1-2,4-5H3. The van der Waals surface area contributed by atoms with Gasteiger partial charge in [0.05, 0.1) is 19.6 Å². The van der Waals surface area contributed by atoms with Crippen molar-refractivity contribution in [2.75, 3.05) is 39.8 Å². The molecule has 5 heteroatoms. The zero-order valence-corrected chi connectivity index (χ0v) is 12.6. The molecule has 0 fully saturated rings. The van der Waals surface area contributed by atoms with E-state index in [2.05, 4.69) is 6.58 Å². The van der Waals surface area contributed by atoms with E-state index in [1.54, 1.807) is 11.8 Å². The Hall–Kier alpha value is -1.36. The first kappa shape index (κ1) is 17.6. The lowest BCUT2D eigenvalue weighted by atomic mass is 10.3. The number of carbonyl (C=O) groups is 2. The molecule has 0 aromatic heterocycles. The van der Waals surface area contributed by atoms with E-state index in [-0.39, 0.29) is 11.9 Å². The van der Waals surface area contributed by atoms with Gasteiger partial charge in [-0.3, -0.25) is 14.5 Å². The van der Waals surface area contributed by atoms with Gasteiger partial charge in [-0.2, -0.15) is 0 Å². The number of ether oxygens (including phenoxy) is 1. The summed E-state index contributed by atoms with van der Waals surface area (Å²) >= 11 is 0. The lowest BCUT2D eigenvalue weighted by Gasteiger charge is -2.24. The van der Waals surface area contributed by atoms with Crippen LogP contribution in [0.3, 0.4) is 0 Å². The average Bonchev–Trinajstić information content (AvgIpc) is 2.33. The van der Waals surface area contributed by atoms with Crippen molar-refractivity contribution >= 4 is 11.9 Å². The first-order valence-electron chi connectivity index (χ1n) is 6.67. The number of hydrogen-bond acceptors (Lipinski definition) is 4. The fourth-order valence-corrected chi connectivity index (χ4v) is 1.63. The third-order valence-corrected chi connectivity index (χ3v) is 2.60. The minimum absolute atomic E-state index is 0.0526. The molecule has 0 aliphatic carbocycles. The van der Waals surface area contributed by atoms with Crippen molar-refractivity contribution in [2.45, 2.75) is 27.2 Å². The van der Waals surface area contributed by atoms with Crippen LogP contribution in [0.5, 0.6) is 0 Å². The molecule has 19 heavy (non-hydrogen) atoms. The summed E-state index contributed by atoms with van der Waals surface area (Å²) in [5.74, 6) is -0.173. The lowest BCUT2D eigenvalue weighted by molar-refractivity contribution is -0.144. The fourth-order valence-electron chi connectivity index (χ4n) is 1.63. The Balaban J connectivity index is 4.09. The Morgan fingerprint density at radius 1 is 1.21 bits per heavy atom. The zero-order chi connectivity index (χ0) is 14.8. The second-order valence-electron chi connectivity index (χ2n) is 4.66. The molecule has 0 heterocycles. The number of hydrogen-bond donors (Lipinski definition) is 0. The van der Waals surface area contributed by atoms with Gasteiger partial charge in [-0.25, -0.2) is 0 Å². The quantitative estimate of drug-likeness (QED) is 0.468. The summed E-state index contributed by atoms with van der Waals surface area (Å²) in [4.78, 5) is 26.8. The van der Waals surface area contributed by atoms with Crippen LogP contribution in [0.1, 0.15) is 27.2 Å². The van der Waals surface area contributed by atoms with Gasteiger partial charge in [-0.15, -0.1) is 0 Å². The molecule has 0 rings (SSSR count). The van der Waals surface area contributed by atoms with Gasteiger partial charge in [0.2, 0.25) is 5.91 Å². The van der Waals surface area contributed by atoms with Gasteiger partial charge in [0.1, 0.15) is 0 Å². The Labute approximate surface area is 116 Å². The highest BCUT2D eigenvalue weighted by molar-refractivity contribution is 5.78. The Morgan fingerprint density at radius 3 is 2.32 bits per heavy atom. The molecule has 5 nitrogen and oxygen atoms in total. The minimum atomic E-state index is -0.226. The van der Waals surface area contributed by atoms with Gasteiger partial charge in [0.25, 0.3) is 0 Å². The molecule has 0 radical (unpaired) electrons. The lowest BCUT2D eigenvalue weighted by Crippen LogP contribution is -2.40. The van der Waals surface area contributed by atoms with Crippen LogP contribution in [0.25, 0.3) is 0 Å². The summed E-state index contributed by atoms with van der Waals surface area (Å²) in [6.45, 7) is 11.9. The average molecular weight is 270 g/mol. The van der Waals surface area contributed by atoms with Crippen LogP contribution >= 0.6 is 0 Å². The largest absolute Gasteiger partial charge is 0.466 e. The van der Waals surface area contributed by atoms with Gasteiger partial charge in [-0.1, -0.05) is 12.2 Å². The van der Waals surface area contributed by atoms with Gasteiger partial charge in [-0.05, 0) is 27.8 Å². The van der Waals surface area contributed by atoms with E-state index < -0.39 is 0 Å². The first-order chi connectivity index (χ1) is 8.90. The first-order valence-corrected chi connectivity index (χ1v) is 6.67. The third-order valence-electron chi connectivity index (χ3n) is 2.60. The normalized spacial score (nSPS) is 10.4. The maximum absolute atomic E-state index is 12.0. The second kappa shape index (κ2) is 9.55. The zero-order valence-electron chi connectivity index (χ0n) is 12.6. The van der Waals surface area contributed by atoms with Crippen LogP contribution in [0.2, 0.25) is 0 Å². The molecule has 0 saturated carbocycles. The predicted molar refractivity (Wildman–Crippen MR) is 75.8 cm³/mol. The van der Waals surface area contributed by atoms with Gasteiger partial charge < -0.3 is 9.64 Å². The number of rotatable bonds is 9. The summed E-state index contributed by atoms with van der Waals surface area (Å²) < 4.78 is 4.85. The Bertz CT molecular complexity index is 316. The summed E-state index contributed by atoms with van der Waals surface area (Å²) in [7, 11) is 1.83. The molecule has 110 valence electrons. The molecular weight excluding hydrogens is 244 g/mol. The predicted octanol–water partition coefficient (Wildman–Crippen LogP) is 1.30. The number of amides is 1. The SMILES string of the molecule is C=C(C)CN(CC)C(=O)CN(C)CCC(=O)OCC. The second-order valence-corrected chi connectivity index (χ2v) is 4.66. The van der Waals surface area contributed by atoms with E-state index in [1.165, 1.54) is 0 Å². The molecule has 1 amide bonds. The highest BCUT2D eigenvalue weighted by atomic mass is 16.5. The highest BCUT2D eigenvalue weighted by Crippen LogP contribution is 1.99. The van der Waals surface area contributed by atoms with Crippen LogP contribution in [-0.2, 0) is 14.3 Å². The third kappa shape index (κ3) is 8.37. The van der Waals surface area contributed by atoms with Crippen molar-refractivity contribution in [1.29, 1.82) is 0 Å². The maximum atomic E-state index is 12.0. The summed E-state index contributed by atoms with van der Waals surface area (Å²) in [5, 5.41) is 0. The fraction of sp³-hybridized carbons (Fsp3) is 0.714. The molecule has 0 unspecified atom stereocenters. The van der Waals surface area contributed by atoms with Crippen molar-refractivity contribution in [3.63, 3.8) is 0 Å². The topological polar surface area (TPSA) is 49.9 Å². The van der Waals surface area contributed by atoms with Gasteiger partial charge in [0.15, 0.2) is 0 Å². The van der Waals surface area contributed by atoms with Crippen LogP contribution in [0.15, 0.2) is 12.2 Å². The highest BCUT2D eigenvalue weighted by Gasteiger charge is 2.14. The van der Waals surface area contributed by atoms with E-state index in [0.29, 0.717) is 39.2 Å². The van der Waals surface area contributed by atoms with E-state index in [0.717, 1.165) is 5.57 Å².